The van der Waals surface area contributed by atoms with Crippen LogP contribution in [0.15, 0.2) is 66.2 Å². The number of nitrogens with zero attached hydrogens (tertiary/aromatic N) is 1. The third-order valence-corrected chi connectivity index (χ3v) is 6.23. The van der Waals surface area contributed by atoms with Gasteiger partial charge in [0.1, 0.15) is 17.3 Å². The molecular weight excluding hydrogens is 442 g/mol. The molecular formula is C29H29NO5. The summed E-state index contributed by atoms with van der Waals surface area (Å²) in [6.07, 6.45) is 0. The molecule has 1 unspecified atom stereocenters. The molecule has 1 amide bonds. The summed E-state index contributed by atoms with van der Waals surface area (Å²) in [6.45, 7) is 8.11. The van der Waals surface area contributed by atoms with Crippen LogP contribution in [0.5, 0.6) is 11.5 Å². The summed E-state index contributed by atoms with van der Waals surface area (Å²) in [6, 6.07) is 17.5. The van der Waals surface area contributed by atoms with Crippen LogP contribution in [0.3, 0.4) is 0 Å². The maximum Gasteiger partial charge on any atom is 0.300 e. The molecule has 0 aromatic heterocycles. The van der Waals surface area contributed by atoms with Crippen LogP contribution in [-0.4, -0.2) is 30.5 Å². The van der Waals surface area contributed by atoms with Crippen LogP contribution in [0.4, 0.5) is 5.69 Å². The second-order valence-electron chi connectivity index (χ2n) is 8.62. The maximum absolute atomic E-state index is 13.5. The third-order valence-electron chi connectivity index (χ3n) is 6.23. The number of amides is 1. The first-order chi connectivity index (χ1) is 16.8. The van der Waals surface area contributed by atoms with Gasteiger partial charge in [0.2, 0.25) is 0 Å². The van der Waals surface area contributed by atoms with Crippen molar-refractivity contribution in [2.24, 2.45) is 0 Å². The van der Waals surface area contributed by atoms with E-state index in [4.69, 9.17) is 9.47 Å². The van der Waals surface area contributed by atoms with E-state index < -0.39 is 17.7 Å². The van der Waals surface area contributed by atoms with Crippen molar-refractivity contribution in [3.63, 3.8) is 0 Å². The zero-order valence-electron chi connectivity index (χ0n) is 20.6. The molecule has 4 rings (SSSR count). The number of aliphatic hydroxyl groups is 1. The minimum absolute atomic E-state index is 0.0292. The summed E-state index contributed by atoms with van der Waals surface area (Å²) >= 11 is 0. The van der Waals surface area contributed by atoms with Gasteiger partial charge >= 0.3 is 0 Å². The summed E-state index contributed by atoms with van der Waals surface area (Å²) in [4.78, 5) is 28.3. The lowest BCUT2D eigenvalue weighted by molar-refractivity contribution is -0.132. The number of hydrogen-bond donors (Lipinski definition) is 1. The highest BCUT2D eigenvalue weighted by molar-refractivity contribution is 6.51. The summed E-state index contributed by atoms with van der Waals surface area (Å²) in [5.74, 6) is -0.573. The van der Waals surface area contributed by atoms with Gasteiger partial charge < -0.3 is 14.6 Å². The van der Waals surface area contributed by atoms with Crippen molar-refractivity contribution in [3.8, 4) is 11.5 Å². The van der Waals surface area contributed by atoms with E-state index in [2.05, 4.69) is 0 Å². The highest BCUT2D eigenvalue weighted by Crippen LogP contribution is 2.44. The average molecular weight is 472 g/mol. The largest absolute Gasteiger partial charge is 0.507 e. The van der Waals surface area contributed by atoms with Crippen LogP contribution in [-0.2, 0) is 9.59 Å². The van der Waals surface area contributed by atoms with E-state index >= 15 is 0 Å². The fourth-order valence-corrected chi connectivity index (χ4v) is 4.70. The fraction of sp³-hybridized carbons (Fsp3) is 0.241. The van der Waals surface area contributed by atoms with E-state index in [0.717, 1.165) is 22.3 Å². The third kappa shape index (κ3) is 4.28. The minimum atomic E-state index is -0.806. The fourth-order valence-electron chi connectivity index (χ4n) is 4.70. The van der Waals surface area contributed by atoms with Gasteiger partial charge in [0.15, 0.2) is 0 Å². The van der Waals surface area contributed by atoms with Crippen molar-refractivity contribution >= 4 is 23.1 Å². The monoisotopic (exact) mass is 471 g/mol. The van der Waals surface area contributed by atoms with Crippen LogP contribution in [0.25, 0.3) is 5.76 Å². The van der Waals surface area contributed by atoms with Crippen molar-refractivity contribution in [1.29, 1.82) is 0 Å². The molecule has 6 nitrogen and oxygen atoms in total. The van der Waals surface area contributed by atoms with Gasteiger partial charge in [0.25, 0.3) is 11.7 Å². The molecule has 1 aliphatic heterocycles. The molecule has 1 saturated heterocycles. The smallest absolute Gasteiger partial charge is 0.300 e. The molecule has 1 fully saturated rings. The average Bonchev–Trinajstić information content (AvgIpc) is 3.09. The van der Waals surface area contributed by atoms with Crippen molar-refractivity contribution in [3.05, 3.63) is 94.1 Å². The van der Waals surface area contributed by atoms with Crippen LogP contribution in [0.1, 0.15) is 40.8 Å². The lowest BCUT2D eigenvalue weighted by atomic mass is 9.91. The number of methoxy groups -OCH3 is 1. The Morgan fingerprint density at radius 1 is 0.971 bits per heavy atom. The molecule has 0 radical (unpaired) electrons. The van der Waals surface area contributed by atoms with Crippen LogP contribution >= 0.6 is 0 Å². The summed E-state index contributed by atoms with van der Waals surface area (Å²) in [7, 11) is 1.52. The second-order valence-corrected chi connectivity index (χ2v) is 8.62. The zero-order chi connectivity index (χ0) is 25.3. The Labute approximate surface area is 205 Å². The van der Waals surface area contributed by atoms with Crippen molar-refractivity contribution in [2.45, 2.75) is 33.7 Å². The normalized spacial score (nSPS) is 17.1. The number of hydrogen-bond acceptors (Lipinski definition) is 5. The van der Waals surface area contributed by atoms with Gasteiger partial charge in [-0.1, -0.05) is 30.3 Å². The first kappa shape index (κ1) is 24.1. The molecule has 1 N–H and O–H groups in total. The number of anilines is 1. The standard InChI is InChI=1S/C29H29NO5/c1-6-35-21-13-11-20(12-14-21)30-25(22-10-8-7-9-18(22)3)24(27(32)29(30)33)26(31)23-16-17(2)15-19(4)28(23)34-5/h7-16,25,31H,6H2,1-5H3/b26-24+. The molecule has 0 aliphatic carbocycles. The SMILES string of the molecule is CCOc1ccc(N2C(=O)C(=O)/C(=C(/O)c3cc(C)cc(C)c3OC)C2c2ccccc2C)cc1. The number of benzene rings is 3. The molecule has 3 aromatic rings. The quantitative estimate of drug-likeness (QED) is 0.286. The van der Waals surface area contributed by atoms with E-state index in [9.17, 15) is 14.7 Å². The second kappa shape index (κ2) is 9.66. The van der Waals surface area contributed by atoms with E-state index in [1.54, 1.807) is 30.3 Å². The van der Waals surface area contributed by atoms with Crippen molar-refractivity contribution in [1.82, 2.24) is 0 Å². The number of rotatable bonds is 6. The highest BCUT2D eigenvalue weighted by Gasteiger charge is 2.47. The van der Waals surface area contributed by atoms with E-state index in [1.807, 2.05) is 58.0 Å². The molecule has 0 bridgehead atoms. The predicted octanol–water partition coefficient (Wildman–Crippen LogP) is 5.65. The Balaban J connectivity index is 1.97. The maximum atomic E-state index is 13.5. The summed E-state index contributed by atoms with van der Waals surface area (Å²) in [5.41, 5.74) is 4.32. The molecule has 1 atom stereocenters. The van der Waals surface area contributed by atoms with E-state index in [1.165, 1.54) is 12.0 Å². The van der Waals surface area contributed by atoms with Gasteiger partial charge in [-0.3, -0.25) is 14.5 Å². The van der Waals surface area contributed by atoms with Gasteiger partial charge in [-0.25, -0.2) is 0 Å². The van der Waals surface area contributed by atoms with Crippen LogP contribution < -0.4 is 14.4 Å². The summed E-state index contributed by atoms with van der Waals surface area (Å²) in [5, 5.41) is 11.6. The lowest BCUT2D eigenvalue weighted by Crippen LogP contribution is -2.29. The Morgan fingerprint density at radius 2 is 1.66 bits per heavy atom. The molecule has 6 heteroatoms. The molecule has 35 heavy (non-hydrogen) atoms. The molecule has 180 valence electrons. The summed E-state index contributed by atoms with van der Waals surface area (Å²) < 4.78 is 11.1. The molecule has 0 spiro atoms. The topological polar surface area (TPSA) is 76.1 Å². The first-order valence-electron chi connectivity index (χ1n) is 11.5. The first-order valence-corrected chi connectivity index (χ1v) is 11.5. The van der Waals surface area contributed by atoms with Crippen LogP contribution in [0.2, 0.25) is 0 Å². The number of carbonyl (C=O) groups excluding carboxylic acids is 2. The van der Waals surface area contributed by atoms with Crippen molar-refractivity contribution < 1.29 is 24.2 Å². The molecule has 3 aromatic carbocycles. The van der Waals surface area contributed by atoms with Gasteiger partial charge in [-0.15, -0.1) is 0 Å². The van der Waals surface area contributed by atoms with E-state index in [0.29, 0.717) is 29.4 Å². The van der Waals surface area contributed by atoms with Crippen molar-refractivity contribution in [2.75, 3.05) is 18.6 Å². The number of aliphatic hydroxyl groups excluding tert-OH is 1. The predicted molar refractivity (Wildman–Crippen MR) is 136 cm³/mol. The zero-order valence-corrected chi connectivity index (χ0v) is 20.6. The Kier molecular flexibility index (Phi) is 6.65. The van der Waals surface area contributed by atoms with Gasteiger partial charge in [0.05, 0.1) is 30.9 Å². The Bertz CT molecular complexity index is 1320. The number of Topliss-reactive ketones (excluding diaryl/α,β-unsaturated/α-hetero) is 1. The van der Waals surface area contributed by atoms with Gasteiger partial charge in [-0.05, 0) is 80.3 Å². The number of carbonyl (C=O) groups is 2. The number of ether oxygens (including phenoxy) is 2. The minimum Gasteiger partial charge on any atom is -0.507 e. The Hall–Kier alpha value is -4.06. The van der Waals surface area contributed by atoms with Gasteiger partial charge in [0, 0.05) is 5.69 Å². The number of aryl methyl sites for hydroxylation is 3. The number of ketones is 1. The van der Waals surface area contributed by atoms with Crippen LogP contribution in [0, 0.1) is 20.8 Å². The highest BCUT2D eigenvalue weighted by atomic mass is 16.5. The van der Waals surface area contributed by atoms with E-state index in [-0.39, 0.29) is 11.3 Å². The molecule has 0 saturated carbocycles. The molecule has 1 aliphatic rings. The molecule has 1 heterocycles. The lowest BCUT2D eigenvalue weighted by Gasteiger charge is -2.27. The Morgan fingerprint density at radius 3 is 2.29 bits per heavy atom. The van der Waals surface area contributed by atoms with Gasteiger partial charge in [-0.2, -0.15) is 0 Å².